The van der Waals surface area contributed by atoms with E-state index in [1.807, 2.05) is 0 Å². The third-order valence-corrected chi connectivity index (χ3v) is 2.77. The minimum atomic E-state index is -1.58. The lowest BCUT2D eigenvalue weighted by molar-refractivity contribution is 0.421. The van der Waals surface area contributed by atoms with Crippen LogP contribution < -0.4 is 0 Å². The van der Waals surface area contributed by atoms with Crippen LogP contribution in [-0.4, -0.2) is 4.98 Å². The first-order valence-corrected chi connectivity index (χ1v) is 3.98. The van der Waals surface area contributed by atoms with Crippen molar-refractivity contribution in [3.63, 3.8) is 0 Å². The Balaban J connectivity index is 3.46. The molecule has 0 aromatic carbocycles. The molecule has 0 radical (unpaired) electrons. The Labute approximate surface area is 76.9 Å². The number of hydrogen-bond acceptors (Lipinski definition) is 1. The summed E-state index contributed by atoms with van der Waals surface area (Å²) in [6.45, 7) is 0. The summed E-state index contributed by atoms with van der Waals surface area (Å²) in [6, 6.07) is 0. The molecule has 11 heavy (non-hydrogen) atoms. The first kappa shape index (κ1) is 8.99. The summed E-state index contributed by atoms with van der Waals surface area (Å²) < 4.78 is 36.7. The van der Waals surface area contributed by atoms with Gasteiger partial charge >= 0.3 is 0 Å². The van der Waals surface area contributed by atoms with Crippen molar-refractivity contribution in [1.29, 1.82) is 0 Å². The van der Waals surface area contributed by atoms with Crippen LogP contribution in [0.2, 0.25) is 0 Å². The highest BCUT2D eigenvalue weighted by molar-refractivity contribution is 9.13. The summed E-state index contributed by atoms with van der Waals surface area (Å²) in [5, 5.41) is 0. The van der Waals surface area contributed by atoms with Crippen LogP contribution in [0.15, 0.2) is 9.08 Å². The van der Waals surface area contributed by atoms with Crippen molar-refractivity contribution in [2.75, 3.05) is 0 Å². The predicted molar refractivity (Wildman–Crippen MR) is 39.5 cm³/mol. The van der Waals surface area contributed by atoms with Crippen LogP contribution >= 0.6 is 31.9 Å². The summed E-state index contributed by atoms with van der Waals surface area (Å²) in [5.74, 6) is -4.33. The van der Waals surface area contributed by atoms with Crippen LogP contribution in [0.4, 0.5) is 13.2 Å². The van der Waals surface area contributed by atoms with Gasteiger partial charge in [-0.25, -0.2) is 9.37 Å². The number of hydrogen-bond donors (Lipinski definition) is 0. The van der Waals surface area contributed by atoms with Crippen molar-refractivity contribution in [3.05, 3.63) is 26.7 Å². The maximum Gasteiger partial charge on any atom is 0.253 e. The summed E-state index contributed by atoms with van der Waals surface area (Å²) in [7, 11) is 0. The summed E-state index contributed by atoms with van der Waals surface area (Å²) in [6.07, 6.45) is 0. The van der Waals surface area contributed by atoms with Crippen molar-refractivity contribution in [1.82, 2.24) is 4.98 Å². The van der Waals surface area contributed by atoms with Crippen LogP contribution in [0, 0.1) is 17.6 Å². The third kappa shape index (κ3) is 1.56. The van der Waals surface area contributed by atoms with E-state index >= 15 is 0 Å². The molecule has 0 aliphatic heterocycles. The highest BCUT2D eigenvalue weighted by Crippen LogP contribution is 2.26. The molecule has 1 rings (SSSR count). The molecule has 0 amide bonds. The van der Waals surface area contributed by atoms with Gasteiger partial charge in [-0.2, -0.15) is 8.78 Å². The number of nitrogens with zero attached hydrogens (tertiary/aromatic N) is 1. The second-order valence-electron chi connectivity index (χ2n) is 1.64. The SMILES string of the molecule is Fc1nc(Br)c(Br)c(F)c1F. The average molecular weight is 291 g/mol. The van der Waals surface area contributed by atoms with Gasteiger partial charge in [0, 0.05) is 0 Å². The van der Waals surface area contributed by atoms with Gasteiger partial charge in [0.1, 0.15) is 4.60 Å². The second kappa shape index (κ2) is 3.10. The molecule has 0 aliphatic rings. The van der Waals surface area contributed by atoms with Crippen LogP contribution in [0.1, 0.15) is 0 Å². The predicted octanol–water partition coefficient (Wildman–Crippen LogP) is 3.02. The molecule has 0 atom stereocenters. The molecule has 0 fully saturated rings. The summed E-state index contributed by atoms with van der Waals surface area (Å²) >= 11 is 5.40. The number of halogens is 5. The number of rotatable bonds is 0. The minimum absolute atomic E-state index is 0.103. The molecular formula is C5Br2F3N. The van der Waals surface area contributed by atoms with E-state index in [1.165, 1.54) is 0 Å². The van der Waals surface area contributed by atoms with Crippen molar-refractivity contribution in [3.8, 4) is 0 Å². The summed E-state index contributed by atoms with van der Waals surface area (Å²) in [5.41, 5.74) is 0. The zero-order valence-electron chi connectivity index (χ0n) is 4.84. The largest absolute Gasteiger partial charge is 0.253 e. The Bertz CT molecular complexity index is 276. The van der Waals surface area contributed by atoms with Gasteiger partial charge in [-0.1, -0.05) is 0 Å². The van der Waals surface area contributed by atoms with Crippen molar-refractivity contribution >= 4 is 31.9 Å². The van der Waals surface area contributed by atoms with E-state index in [4.69, 9.17) is 0 Å². The molecule has 60 valence electrons. The number of pyridine rings is 1. The van der Waals surface area contributed by atoms with Gasteiger partial charge in [0.15, 0.2) is 5.82 Å². The monoisotopic (exact) mass is 289 g/mol. The second-order valence-corrected chi connectivity index (χ2v) is 3.18. The summed E-state index contributed by atoms with van der Waals surface area (Å²) in [4.78, 5) is 3.02. The van der Waals surface area contributed by atoms with Crippen molar-refractivity contribution in [2.24, 2.45) is 0 Å². The molecule has 0 unspecified atom stereocenters. The highest BCUT2D eigenvalue weighted by atomic mass is 79.9. The lowest BCUT2D eigenvalue weighted by Crippen LogP contribution is -1.96. The van der Waals surface area contributed by atoms with Crippen LogP contribution in [0.25, 0.3) is 0 Å². The minimum Gasteiger partial charge on any atom is -0.209 e. The first-order chi connectivity index (χ1) is 5.04. The van der Waals surface area contributed by atoms with Crippen LogP contribution in [0.5, 0.6) is 0 Å². The quantitative estimate of drug-likeness (QED) is 0.669. The molecule has 1 aromatic heterocycles. The zero-order chi connectivity index (χ0) is 8.59. The maximum absolute atomic E-state index is 12.5. The van der Waals surface area contributed by atoms with Gasteiger partial charge in [-0.05, 0) is 31.9 Å². The normalized spacial score (nSPS) is 10.3. The Hall–Kier alpha value is -0.100. The standard InChI is InChI=1S/C5Br2F3N/c6-1-2(8)3(9)5(10)11-4(1)7. The molecular weight excluding hydrogens is 291 g/mol. The van der Waals surface area contributed by atoms with Crippen molar-refractivity contribution < 1.29 is 13.2 Å². The Morgan fingerprint density at radius 1 is 1.00 bits per heavy atom. The van der Waals surface area contributed by atoms with E-state index < -0.39 is 17.6 Å². The fourth-order valence-corrected chi connectivity index (χ4v) is 1.05. The Morgan fingerprint density at radius 3 is 2.09 bits per heavy atom. The maximum atomic E-state index is 12.5. The van der Waals surface area contributed by atoms with Crippen LogP contribution in [0.3, 0.4) is 0 Å². The molecule has 0 spiro atoms. The van der Waals surface area contributed by atoms with Gasteiger partial charge in [-0.15, -0.1) is 0 Å². The molecule has 1 aromatic rings. The molecule has 0 saturated heterocycles. The van der Waals surface area contributed by atoms with Gasteiger partial charge < -0.3 is 0 Å². The van der Waals surface area contributed by atoms with E-state index in [9.17, 15) is 13.2 Å². The molecule has 6 heteroatoms. The van der Waals surface area contributed by atoms with Crippen molar-refractivity contribution in [2.45, 2.75) is 0 Å². The third-order valence-electron chi connectivity index (χ3n) is 0.944. The van der Waals surface area contributed by atoms with E-state index in [1.54, 1.807) is 0 Å². The lowest BCUT2D eigenvalue weighted by Gasteiger charge is -1.98. The Morgan fingerprint density at radius 2 is 1.55 bits per heavy atom. The average Bonchev–Trinajstić information content (AvgIpc) is 1.97. The van der Waals surface area contributed by atoms with E-state index in [-0.39, 0.29) is 9.08 Å². The molecule has 1 heterocycles. The van der Waals surface area contributed by atoms with E-state index in [0.29, 0.717) is 0 Å². The lowest BCUT2D eigenvalue weighted by atomic mass is 10.4. The van der Waals surface area contributed by atoms with Crippen LogP contribution in [-0.2, 0) is 0 Å². The topological polar surface area (TPSA) is 12.9 Å². The number of aromatic nitrogens is 1. The Kier molecular flexibility index (Phi) is 2.54. The fraction of sp³-hybridized carbons (Fsp3) is 0. The smallest absolute Gasteiger partial charge is 0.209 e. The fourth-order valence-electron chi connectivity index (χ4n) is 0.462. The zero-order valence-corrected chi connectivity index (χ0v) is 8.01. The van der Waals surface area contributed by atoms with Gasteiger partial charge in [0.05, 0.1) is 4.47 Å². The van der Waals surface area contributed by atoms with Gasteiger partial charge in [0.25, 0.3) is 5.95 Å². The van der Waals surface area contributed by atoms with Gasteiger partial charge in [0.2, 0.25) is 5.82 Å². The molecule has 1 nitrogen and oxygen atoms in total. The highest BCUT2D eigenvalue weighted by Gasteiger charge is 2.16. The first-order valence-electron chi connectivity index (χ1n) is 2.39. The molecule has 0 saturated carbocycles. The van der Waals surface area contributed by atoms with E-state index in [0.717, 1.165) is 0 Å². The van der Waals surface area contributed by atoms with E-state index in [2.05, 4.69) is 36.8 Å². The molecule has 0 bridgehead atoms. The molecule has 0 aliphatic carbocycles. The van der Waals surface area contributed by atoms with Gasteiger partial charge in [-0.3, -0.25) is 0 Å². The molecule has 0 N–H and O–H groups in total.